The largest absolute Gasteiger partial charge is 0.368 e. The number of hydrogen-bond acceptors (Lipinski definition) is 5. The van der Waals surface area contributed by atoms with E-state index < -0.39 is 0 Å². The van der Waals surface area contributed by atoms with Gasteiger partial charge in [0.05, 0.1) is 0 Å². The van der Waals surface area contributed by atoms with Crippen LogP contribution in [0.2, 0.25) is 0 Å². The molecule has 3 aromatic rings. The SMILES string of the molecule is Cc1cc(F)cc(-c2nc(N)nc(-n3ccnc3)n2)c1. The van der Waals surface area contributed by atoms with Gasteiger partial charge in [0.2, 0.25) is 11.9 Å². The van der Waals surface area contributed by atoms with Gasteiger partial charge in [0.15, 0.2) is 5.82 Å². The average Bonchev–Trinajstić information content (AvgIpc) is 2.90. The molecule has 2 heterocycles. The van der Waals surface area contributed by atoms with Crippen molar-refractivity contribution in [2.45, 2.75) is 6.92 Å². The van der Waals surface area contributed by atoms with Crippen LogP contribution in [0.5, 0.6) is 0 Å². The first-order chi connectivity index (χ1) is 9.61. The van der Waals surface area contributed by atoms with E-state index >= 15 is 0 Å². The van der Waals surface area contributed by atoms with Gasteiger partial charge >= 0.3 is 0 Å². The van der Waals surface area contributed by atoms with Crippen LogP contribution < -0.4 is 5.73 Å². The van der Waals surface area contributed by atoms with Crippen LogP contribution in [0.4, 0.5) is 10.3 Å². The zero-order chi connectivity index (χ0) is 14.1. The maximum Gasteiger partial charge on any atom is 0.240 e. The van der Waals surface area contributed by atoms with E-state index in [0.717, 1.165) is 5.56 Å². The molecule has 0 saturated heterocycles. The van der Waals surface area contributed by atoms with Gasteiger partial charge in [-0.2, -0.15) is 15.0 Å². The second kappa shape index (κ2) is 4.69. The van der Waals surface area contributed by atoms with Crippen LogP contribution in [0.15, 0.2) is 36.9 Å². The number of nitrogens with zero attached hydrogens (tertiary/aromatic N) is 5. The van der Waals surface area contributed by atoms with Gasteiger partial charge in [-0.1, -0.05) is 0 Å². The molecule has 100 valence electrons. The van der Waals surface area contributed by atoms with Gasteiger partial charge in [-0.05, 0) is 30.7 Å². The molecule has 0 amide bonds. The number of imidazole rings is 1. The Morgan fingerprint density at radius 3 is 2.70 bits per heavy atom. The fourth-order valence-electron chi connectivity index (χ4n) is 1.87. The minimum Gasteiger partial charge on any atom is -0.368 e. The van der Waals surface area contributed by atoms with Crippen molar-refractivity contribution in [3.63, 3.8) is 0 Å². The van der Waals surface area contributed by atoms with Crippen LogP contribution in [-0.4, -0.2) is 24.5 Å². The number of halogens is 1. The molecule has 3 rings (SSSR count). The Kier molecular flexibility index (Phi) is 2.86. The number of anilines is 1. The van der Waals surface area contributed by atoms with E-state index in [4.69, 9.17) is 5.73 Å². The fourth-order valence-corrected chi connectivity index (χ4v) is 1.87. The Hall–Kier alpha value is -2.83. The summed E-state index contributed by atoms with van der Waals surface area (Å²) in [6.07, 6.45) is 4.84. The lowest BCUT2D eigenvalue weighted by Crippen LogP contribution is -2.06. The van der Waals surface area contributed by atoms with Crippen molar-refractivity contribution >= 4 is 5.95 Å². The van der Waals surface area contributed by atoms with E-state index in [-0.39, 0.29) is 11.8 Å². The van der Waals surface area contributed by atoms with Crippen molar-refractivity contribution in [1.29, 1.82) is 0 Å². The van der Waals surface area contributed by atoms with Crippen molar-refractivity contribution in [2.24, 2.45) is 0 Å². The maximum absolute atomic E-state index is 13.5. The molecule has 7 heteroatoms. The fraction of sp³-hybridized carbons (Fsp3) is 0.0769. The van der Waals surface area contributed by atoms with Gasteiger partial charge in [-0.15, -0.1) is 0 Å². The minimum absolute atomic E-state index is 0.0700. The van der Waals surface area contributed by atoms with Gasteiger partial charge in [0.25, 0.3) is 0 Å². The molecule has 0 unspecified atom stereocenters. The van der Waals surface area contributed by atoms with Gasteiger partial charge in [-0.25, -0.2) is 9.37 Å². The third-order valence-electron chi connectivity index (χ3n) is 2.68. The van der Waals surface area contributed by atoms with Crippen molar-refractivity contribution in [3.05, 3.63) is 48.3 Å². The Morgan fingerprint density at radius 1 is 1.15 bits per heavy atom. The molecule has 6 nitrogen and oxygen atoms in total. The number of aromatic nitrogens is 5. The number of nitrogens with two attached hydrogens (primary N) is 1. The zero-order valence-corrected chi connectivity index (χ0v) is 10.7. The van der Waals surface area contributed by atoms with E-state index in [1.807, 2.05) is 0 Å². The summed E-state index contributed by atoms with van der Waals surface area (Å²) >= 11 is 0. The molecule has 0 spiro atoms. The molecule has 0 aliphatic heterocycles. The molecule has 20 heavy (non-hydrogen) atoms. The molecule has 2 N–H and O–H groups in total. The highest BCUT2D eigenvalue weighted by Gasteiger charge is 2.09. The van der Waals surface area contributed by atoms with Crippen LogP contribution in [0, 0.1) is 12.7 Å². The third kappa shape index (κ3) is 2.33. The first kappa shape index (κ1) is 12.2. The smallest absolute Gasteiger partial charge is 0.240 e. The van der Waals surface area contributed by atoms with E-state index in [9.17, 15) is 4.39 Å². The predicted molar refractivity (Wildman–Crippen MR) is 71.5 cm³/mol. The summed E-state index contributed by atoms with van der Waals surface area (Å²) in [5, 5.41) is 0. The Bertz CT molecular complexity index is 733. The van der Waals surface area contributed by atoms with Crippen LogP contribution in [0.25, 0.3) is 17.3 Å². The number of aryl methyl sites for hydroxylation is 1. The highest BCUT2D eigenvalue weighted by molar-refractivity contribution is 5.57. The van der Waals surface area contributed by atoms with Crippen LogP contribution in [0.3, 0.4) is 0 Å². The van der Waals surface area contributed by atoms with E-state index in [1.165, 1.54) is 12.1 Å². The first-order valence-electron chi connectivity index (χ1n) is 5.89. The van der Waals surface area contributed by atoms with Gasteiger partial charge in [-0.3, -0.25) is 4.57 Å². The molecule has 0 aliphatic rings. The van der Waals surface area contributed by atoms with Crippen molar-refractivity contribution in [1.82, 2.24) is 24.5 Å². The summed E-state index contributed by atoms with van der Waals surface area (Å²) < 4.78 is 15.1. The van der Waals surface area contributed by atoms with Gasteiger partial charge in [0.1, 0.15) is 12.1 Å². The zero-order valence-electron chi connectivity index (χ0n) is 10.7. The van der Waals surface area contributed by atoms with Gasteiger partial charge < -0.3 is 5.73 Å². The normalized spacial score (nSPS) is 10.7. The van der Waals surface area contributed by atoms with E-state index in [1.54, 1.807) is 36.3 Å². The predicted octanol–water partition coefficient (Wildman–Crippen LogP) is 1.75. The molecule has 0 aliphatic carbocycles. The lowest BCUT2D eigenvalue weighted by molar-refractivity contribution is 0.627. The number of nitrogen functional groups attached to an aromatic ring is 1. The topological polar surface area (TPSA) is 82.5 Å². The third-order valence-corrected chi connectivity index (χ3v) is 2.68. The molecular weight excluding hydrogens is 259 g/mol. The highest BCUT2D eigenvalue weighted by atomic mass is 19.1. The second-order valence-electron chi connectivity index (χ2n) is 4.30. The standard InChI is InChI=1S/C13H11FN6/c1-8-4-9(6-10(14)5-8)11-17-12(15)19-13(18-11)20-3-2-16-7-20/h2-7H,1H3,(H2,15,17,18,19). The maximum atomic E-state index is 13.5. The Labute approximate surface area is 114 Å². The van der Waals surface area contributed by atoms with E-state index in [0.29, 0.717) is 17.3 Å². The molecule has 0 saturated carbocycles. The average molecular weight is 270 g/mol. The molecule has 0 fully saturated rings. The van der Waals surface area contributed by atoms with Gasteiger partial charge in [0, 0.05) is 18.0 Å². The summed E-state index contributed by atoms with van der Waals surface area (Å²) in [5.41, 5.74) is 7.02. The van der Waals surface area contributed by atoms with Crippen molar-refractivity contribution < 1.29 is 4.39 Å². The van der Waals surface area contributed by atoms with Crippen LogP contribution >= 0.6 is 0 Å². The number of hydrogen-bond donors (Lipinski definition) is 1. The summed E-state index contributed by atoms with van der Waals surface area (Å²) in [6, 6.07) is 4.58. The number of rotatable bonds is 2. The van der Waals surface area contributed by atoms with E-state index in [2.05, 4.69) is 19.9 Å². The molecule has 2 aromatic heterocycles. The quantitative estimate of drug-likeness (QED) is 0.767. The highest BCUT2D eigenvalue weighted by Crippen LogP contribution is 2.19. The van der Waals surface area contributed by atoms with Crippen molar-refractivity contribution in [2.75, 3.05) is 5.73 Å². The molecule has 0 radical (unpaired) electrons. The summed E-state index contributed by atoms with van der Waals surface area (Å²) in [5.74, 6) is 0.388. The summed E-state index contributed by atoms with van der Waals surface area (Å²) in [6.45, 7) is 1.80. The molecule has 0 atom stereocenters. The Balaban J connectivity index is 2.14. The summed E-state index contributed by atoms with van der Waals surface area (Å²) in [7, 11) is 0. The van der Waals surface area contributed by atoms with Crippen molar-refractivity contribution in [3.8, 4) is 17.3 Å². The molecule has 1 aromatic carbocycles. The van der Waals surface area contributed by atoms with Crippen LogP contribution in [-0.2, 0) is 0 Å². The molecule has 0 bridgehead atoms. The lowest BCUT2D eigenvalue weighted by atomic mass is 10.1. The Morgan fingerprint density at radius 2 is 2.00 bits per heavy atom. The lowest BCUT2D eigenvalue weighted by Gasteiger charge is -2.06. The van der Waals surface area contributed by atoms with Crippen LogP contribution in [0.1, 0.15) is 5.56 Å². The summed E-state index contributed by atoms with van der Waals surface area (Å²) in [4.78, 5) is 16.3. The monoisotopic (exact) mass is 270 g/mol. The minimum atomic E-state index is -0.344. The first-order valence-corrected chi connectivity index (χ1v) is 5.89. The second-order valence-corrected chi connectivity index (χ2v) is 4.30. The molecular formula is C13H11FN6. The number of benzene rings is 1.